The van der Waals surface area contributed by atoms with Crippen molar-refractivity contribution in [2.24, 2.45) is 11.8 Å². The molecule has 3 heterocycles. The van der Waals surface area contributed by atoms with Gasteiger partial charge in [0.25, 0.3) is 5.91 Å². The second-order valence-electron chi connectivity index (χ2n) is 10.8. The topological polar surface area (TPSA) is 90.4 Å². The summed E-state index contributed by atoms with van der Waals surface area (Å²) in [4.78, 5) is 47.5. The van der Waals surface area contributed by atoms with Crippen molar-refractivity contribution in [2.45, 2.75) is 62.6 Å². The van der Waals surface area contributed by atoms with Gasteiger partial charge in [-0.2, -0.15) is 0 Å². The molecule has 3 amide bonds. The molecule has 0 aliphatic carbocycles. The summed E-state index contributed by atoms with van der Waals surface area (Å²) in [5.74, 6) is -2.13. The fraction of sp³-hybridized carbons (Fsp3) is 0.567. The quantitative estimate of drug-likeness (QED) is 0.293. The van der Waals surface area contributed by atoms with Gasteiger partial charge in [-0.25, -0.2) is 0 Å². The Hall–Kier alpha value is -2.49. The van der Waals surface area contributed by atoms with Gasteiger partial charge in [0.05, 0.1) is 17.9 Å². The number of carbonyl (C=O) groups is 3. The number of hydrogen-bond acceptors (Lipinski definition) is 5. The number of aryl methyl sites for hydroxylation is 2. The third-order valence-electron chi connectivity index (χ3n) is 8.31. The Morgan fingerprint density at radius 2 is 1.87 bits per heavy atom. The average molecular weight is 603 g/mol. The number of benzene rings is 1. The molecule has 39 heavy (non-hydrogen) atoms. The van der Waals surface area contributed by atoms with Crippen LogP contribution in [0.25, 0.3) is 0 Å². The molecule has 0 saturated carbocycles. The van der Waals surface area contributed by atoms with E-state index in [-0.39, 0.29) is 42.2 Å². The number of fused-ring (bicyclic) bond motifs is 1. The second-order valence-corrected chi connectivity index (χ2v) is 12.0. The molecule has 1 aromatic carbocycles. The fourth-order valence-corrected chi connectivity index (χ4v) is 7.84. The van der Waals surface area contributed by atoms with E-state index in [0.29, 0.717) is 25.9 Å². The van der Waals surface area contributed by atoms with Crippen LogP contribution in [-0.4, -0.2) is 88.0 Å². The lowest BCUT2D eigenvalue weighted by molar-refractivity contribution is -0.145. The van der Waals surface area contributed by atoms with Crippen molar-refractivity contribution in [3.05, 3.63) is 54.6 Å². The van der Waals surface area contributed by atoms with Crippen LogP contribution in [-0.2, 0) is 19.1 Å². The number of alkyl halides is 1. The van der Waals surface area contributed by atoms with E-state index in [1.165, 1.54) is 0 Å². The third kappa shape index (κ3) is 4.87. The van der Waals surface area contributed by atoms with E-state index >= 15 is 0 Å². The maximum Gasteiger partial charge on any atom is 0.253 e. The Labute approximate surface area is 239 Å². The molecule has 212 valence electrons. The fourth-order valence-electron chi connectivity index (χ4n) is 6.90. The predicted octanol–water partition coefficient (Wildman–Crippen LogP) is 3.38. The summed E-state index contributed by atoms with van der Waals surface area (Å²) < 4.78 is 6.66. The number of carbonyl (C=O) groups excluding carboxylic acids is 3. The highest BCUT2D eigenvalue weighted by molar-refractivity contribution is 9.09. The van der Waals surface area contributed by atoms with Crippen LogP contribution in [0.3, 0.4) is 0 Å². The zero-order valence-corrected chi connectivity index (χ0v) is 24.7. The van der Waals surface area contributed by atoms with Crippen molar-refractivity contribution in [2.75, 3.05) is 37.7 Å². The summed E-state index contributed by atoms with van der Waals surface area (Å²) in [7, 11) is 0. The minimum Gasteiger partial charge on any atom is -0.396 e. The van der Waals surface area contributed by atoms with Gasteiger partial charge in [-0.3, -0.25) is 14.4 Å². The molecule has 2 bridgehead atoms. The molecule has 1 spiro atoms. The zero-order valence-electron chi connectivity index (χ0n) is 23.1. The van der Waals surface area contributed by atoms with Crippen LogP contribution in [0.1, 0.15) is 37.3 Å². The van der Waals surface area contributed by atoms with E-state index in [4.69, 9.17) is 4.74 Å². The molecule has 6 atom stereocenters. The van der Waals surface area contributed by atoms with Crippen LogP contribution in [0, 0.1) is 25.7 Å². The summed E-state index contributed by atoms with van der Waals surface area (Å²) in [5.41, 5.74) is 1.51. The zero-order chi connectivity index (χ0) is 28.5. The smallest absolute Gasteiger partial charge is 0.253 e. The molecular formula is C30H40BrN3O5. The van der Waals surface area contributed by atoms with Crippen LogP contribution in [0.4, 0.5) is 5.69 Å². The number of nitrogens with zero attached hydrogens (tertiary/aromatic N) is 3. The highest BCUT2D eigenvalue weighted by Crippen LogP contribution is 2.60. The molecule has 3 fully saturated rings. The lowest BCUT2D eigenvalue weighted by atomic mass is 9.70. The second kappa shape index (κ2) is 11.9. The Bertz CT molecular complexity index is 1120. The van der Waals surface area contributed by atoms with Gasteiger partial charge in [-0.15, -0.1) is 13.2 Å². The molecule has 1 aromatic rings. The van der Waals surface area contributed by atoms with Crippen LogP contribution < -0.4 is 4.90 Å². The van der Waals surface area contributed by atoms with Gasteiger partial charge < -0.3 is 24.5 Å². The van der Waals surface area contributed by atoms with E-state index in [2.05, 4.69) is 29.1 Å². The normalized spacial score (nSPS) is 28.9. The van der Waals surface area contributed by atoms with Crippen LogP contribution in [0.2, 0.25) is 0 Å². The molecular weight excluding hydrogens is 562 g/mol. The van der Waals surface area contributed by atoms with Crippen molar-refractivity contribution in [3.8, 4) is 0 Å². The number of rotatable bonds is 12. The summed E-state index contributed by atoms with van der Waals surface area (Å²) in [6, 6.07) is 4.94. The summed E-state index contributed by atoms with van der Waals surface area (Å²) in [5, 5.41) is 9.63. The van der Waals surface area contributed by atoms with E-state index in [1.807, 2.05) is 39.0 Å². The standard InChI is InChI=1S/C30H40BrN3O5/c1-6-13-32(14-7-2)27(36)22-23-28(37)34(16-10-17-35)26(30(23)18-21(31)25(22)39-30)29(38)33(15-8-3)24-19(4)11-9-12-20(24)5/h6,8-9,11-12,21-23,25-26,35H,1,3,7,10,13-18H2,2,4-5H3/t21?,22-,23+,25-,26?,30?/m1/s1. The van der Waals surface area contributed by atoms with Gasteiger partial charge in [0, 0.05) is 43.3 Å². The number of aliphatic hydroxyl groups excluding tert-OH is 1. The first-order valence-electron chi connectivity index (χ1n) is 13.8. The van der Waals surface area contributed by atoms with Gasteiger partial charge in [0.15, 0.2) is 0 Å². The molecule has 8 nitrogen and oxygen atoms in total. The number of aliphatic hydroxyl groups is 1. The molecule has 3 aliphatic rings. The molecule has 9 heteroatoms. The number of hydrogen-bond donors (Lipinski definition) is 1. The summed E-state index contributed by atoms with van der Waals surface area (Å²) >= 11 is 3.74. The molecule has 0 radical (unpaired) electrons. The third-order valence-corrected chi connectivity index (χ3v) is 9.15. The lowest BCUT2D eigenvalue weighted by Crippen LogP contribution is -2.57. The number of likely N-dealkylation sites (tertiary alicyclic amines) is 1. The van der Waals surface area contributed by atoms with Crippen molar-refractivity contribution in [1.29, 1.82) is 0 Å². The van der Waals surface area contributed by atoms with Crippen LogP contribution in [0.5, 0.6) is 0 Å². The Balaban J connectivity index is 1.81. The first-order chi connectivity index (χ1) is 18.7. The molecule has 3 aliphatic heterocycles. The Morgan fingerprint density at radius 3 is 2.46 bits per heavy atom. The number of amides is 3. The molecule has 1 N–H and O–H groups in total. The number of ether oxygens (including phenoxy) is 1. The molecule has 3 unspecified atom stereocenters. The minimum absolute atomic E-state index is 0.119. The van der Waals surface area contributed by atoms with E-state index in [0.717, 1.165) is 23.2 Å². The van der Waals surface area contributed by atoms with Crippen molar-refractivity contribution in [3.63, 3.8) is 0 Å². The SMILES string of the molecule is C=CCN(CCC)C(=O)[C@H]1[C@@H]2OC3(CC2Br)C(C(=O)N(CC=C)c2c(C)cccc2C)N(CCCO)C(=O)[C@H]13. The lowest BCUT2D eigenvalue weighted by Gasteiger charge is -2.38. The average Bonchev–Trinajstić information content (AvgIpc) is 3.49. The largest absolute Gasteiger partial charge is 0.396 e. The first kappa shape index (κ1) is 29.5. The molecule has 0 aromatic heterocycles. The van der Waals surface area contributed by atoms with Crippen molar-refractivity contribution >= 4 is 39.3 Å². The summed E-state index contributed by atoms with van der Waals surface area (Å²) in [6.07, 6.45) is 4.39. The van der Waals surface area contributed by atoms with Gasteiger partial charge >= 0.3 is 0 Å². The first-order valence-corrected chi connectivity index (χ1v) is 14.7. The van der Waals surface area contributed by atoms with Crippen molar-refractivity contribution < 1.29 is 24.2 Å². The van der Waals surface area contributed by atoms with Gasteiger partial charge in [-0.05, 0) is 44.2 Å². The maximum atomic E-state index is 14.6. The Kier molecular flexibility index (Phi) is 9.03. The van der Waals surface area contributed by atoms with Crippen LogP contribution >= 0.6 is 15.9 Å². The number of halogens is 1. The summed E-state index contributed by atoms with van der Waals surface area (Å²) in [6.45, 7) is 14.9. The maximum absolute atomic E-state index is 14.6. The molecule has 3 saturated heterocycles. The highest BCUT2D eigenvalue weighted by Gasteiger charge is 2.76. The van der Waals surface area contributed by atoms with E-state index < -0.39 is 29.6 Å². The van der Waals surface area contributed by atoms with Gasteiger partial charge in [0.1, 0.15) is 11.6 Å². The van der Waals surface area contributed by atoms with Gasteiger partial charge in [-0.1, -0.05) is 53.2 Å². The van der Waals surface area contributed by atoms with Gasteiger partial charge in [0.2, 0.25) is 11.8 Å². The van der Waals surface area contributed by atoms with Crippen LogP contribution in [0.15, 0.2) is 43.5 Å². The van der Waals surface area contributed by atoms with E-state index in [9.17, 15) is 19.5 Å². The van der Waals surface area contributed by atoms with Crippen molar-refractivity contribution in [1.82, 2.24) is 9.80 Å². The highest BCUT2D eigenvalue weighted by atomic mass is 79.9. The predicted molar refractivity (Wildman–Crippen MR) is 155 cm³/mol. The number of para-hydroxylation sites is 1. The minimum atomic E-state index is -1.15. The monoisotopic (exact) mass is 601 g/mol. The molecule has 4 rings (SSSR count). The number of anilines is 1. The van der Waals surface area contributed by atoms with E-state index in [1.54, 1.807) is 26.9 Å². The Morgan fingerprint density at radius 1 is 1.21 bits per heavy atom.